The van der Waals surface area contributed by atoms with E-state index in [0.717, 1.165) is 28.4 Å². The van der Waals surface area contributed by atoms with E-state index < -0.39 is 0 Å². The fraction of sp³-hybridized carbons (Fsp3) is 0.280. The highest BCUT2D eigenvalue weighted by molar-refractivity contribution is 7.80. The van der Waals surface area contributed by atoms with Crippen LogP contribution in [0.3, 0.4) is 0 Å². The first-order chi connectivity index (χ1) is 15.9. The Bertz CT molecular complexity index is 1100. The van der Waals surface area contributed by atoms with Gasteiger partial charge in [-0.15, -0.1) is 11.3 Å². The highest BCUT2D eigenvalue weighted by atomic mass is 32.1. The second kappa shape index (κ2) is 11.7. The molecule has 6 nitrogen and oxygen atoms in total. The van der Waals surface area contributed by atoms with Crippen LogP contribution in [0.25, 0.3) is 0 Å². The number of hydrogen-bond donors (Lipinski definition) is 2. The lowest BCUT2D eigenvalue weighted by atomic mass is 10.1. The third kappa shape index (κ3) is 6.46. The molecule has 3 aromatic rings. The third-order valence-electron chi connectivity index (χ3n) is 4.98. The van der Waals surface area contributed by atoms with Crippen LogP contribution in [0.15, 0.2) is 54.6 Å². The van der Waals surface area contributed by atoms with Crippen LogP contribution in [0, 0.1) is 0 Å². The quantitative estimate of drug-likeness (QED) is 0.303. The van der Waals surface area contributed by atoms with Crippen LogP contribution in [0.2, 0.25) is 0 Å². The van der Waals surface area contributed by atoms with Crippen LogP contribution in [-0.4, -0.2) is 31.9 Å². The van der Waals surface area contributed by atoms with Gasteiger partial charge in [0, 0.05) is 16.9 Å². The van der Waals surface area contributed by atoms with Crippen molar-refractivity contribution in [3.63, 3.8) is 0 Å². The van der Waals surface area contributed by atoms with Crippen molar-refractivity contribution in [3.8, 4) is 11.5 Å². The lowest BCUT2D eigenvalue weighted by Crippen LogP contribution is -2.31. The molecule has 1 atom stereocenters. The van der Waals surface area contributed by atoms with Crippen molar-refractivity contribution in [2.75, 3.05) is 26.1 Å². The summed E-state index contributed by atoms with van der Waals surface area (Å²) in [6.07, 6.45) is 0.719. The summed E-state index contributed by atoms with van der Waals surface area (Å²) in [5, 5.41) is 7.50. The number of esters is 1. The fourth-order valence-electron chi connectivity index (χ4n) is 3.37. The van der Waals surface area contributed by atoms with Gasteiger partial charge in [0.15, 0.2) is 5.11 Å². The largest absolute Gasteiger partial charge is 0.497 e. The summed E-state index contributed by atoms with van der Waals surface area (Å²) >= 11 is 7.05. The number of benzene rings is 2. The topological polar surface area (TPSA) is 68.8 Å². The molecule has 0 amide bonds. The van der Waals surface area contributed by atoms with Gasteiger partial charge in [-0.1, -0.05) is 30.3 Å². The van der Waals surface area contributed by atoms with Crippen molar-refractivity contribution in [2.24, 2.45) is 0 Å². The van der Waals surface area contributed by atoms with E-state index in [4.69, 9.17) is 26.4 Å². The number of thiocarbonyl (C=S) groups is 1. The number of ether oxygens (including phenoxy) is 3. The number of carbonyl (C=O) groups is 1. The SMILES string of the molecule is CCOC(=O)c1cc(Cc2ccccc2)sc1NC(=S)NC(C)c1cc(OC)ccc1OC. The maximum atomic E-state index is 12.6. The maximum absolute atomic E-state index is 12.6. The van der Waals surface area contributed by atoms with Crippen molar-refractivity contribution >= 4 is 39.6 Å². The van der Waals surface area contributed by atoms with Gasteiger partial charge in [0.25, 0.3) is 0 Å². The van der Waals surface area contributed by atoms with Gasteiger partial charge in [-0.3, -0.25) is 0 Å². The van der Waals surface area contributed by atoms with Crippen LogP contribution < -0.4 is 20.1 Å². The normalized spacial score (nSPS) is 11.4. The average molecular weight is 485 g/mol. The smallest absolute Gasteiger partial charge is 0.341 e. The zero-order valence-electron chi connectivity index (χ0n) is 19.1. The van der Waals surface area contributed by atoms with Gasteiger partial charge in [-0.2, -0.15) is 0 Å². The Labute approximate surface area is 203 Å². The molecule has 0 bridgehead atoms. The predicted molar refractivity (Wildman–Crippen MR) is 137 cm³/mol. The fourth-order valence-corrected chi connectivity index (χ4v) is 4.80. The number of methoxy groups -OCH3 is 2. The highest BCUT2D eigenvalue weighted by Crippen LogP contribution is 2.32. The van der Waals surface area contributed by atoms with Crippen molar-refractivity contribution in [3.05, 3.63) is 76.2 Å². The van der Waals surface area contributed by atoms with E-state index in [9.17, 15) is 4.79 Å². The van der Waals surface area contributed by atoms with E-state index >= 15 is 0 Å². The Morgan fingerprint density at radius 1 is 1.09 bits per heavy atom. The lowest BCUT2D eigenvalue weighted by Gasteiger charge is -2.20. The summed E-state index contributed by atoms with van der Waals surface area (Å²) in [5.41, 5.74) is 2.55. The van der Waals surface area contributed by atoms with E-state index in [1.54, 1.807) is 21.1 Å². The molecule has 0 spiro atoms. The average Bonchev–Trinajstić information content (AvgIpc) is 3.21. The molecule has 3 rings (SSSR count). The summed E-state index contributed by atoms with van der Waals surface area (Å²) in [6.45, 7) is 4.07. The molecule has 1 heterocycles. The maximum Gasteiger partial charge on any atom is 0.341 e. The number of hydrogen-bond acceptors (Lipinski definition) is 6. The molecular weight excluding hydrogens is 456 g/mol. The Kier molecular flexibility index (Phi) is 8.68. The van der Waals surface area contributed by atoms with E-state index in [2.05, 4.69) is 22.8 Å². The number of carbonyl (C=O) groups excluding carboxylic acids is 1. The second-order valence-electron chi connectivity index (χ2n) is 7.27. The lowest BCUT2D eigenvalue weighted by molar-refractivity contribution is 0.0528. The minimum atomic E-state index is -0.374. The first kappa shape index (κ1) is 24.5. The molecule has 1 aromatic heterocycles. The van der Waals surface area contributed by atoms with E-state index in [-0.39, 0.29) is 12.0 Å². The molecule has 0 aliphatic heterocycles. The minimum Gasteiger partial charge on any atom is -0.497 e. The van der Waals surface area contributed by atoms with Crippen LogP contribution in [-0.2, 0) is 11.2 Å². The molecule has 0 radical (unpaired) electrons. The Balaban J connectivity index is 1.78. The molecule has 0 aliphatic carbocycles. The Hall–Kier alpha value is -3.10. The zero-order chi connectivity index (χ0) is 23.8. The Morgan fingerprint density at radius 2 is 1.85 bits per heavy atom. The van der Waals surface area contributed by atoms with E-state index in [0.29, 0.717) is 22.3 Å². The monoisotopic (exact) mass is 484 g/mol. The molecule has 33 heavy (non-hydrogen) atoms. The molecule has 2 aromatic carbocycles. The molecule has 0 saturated heterocycles. The van der Waals surface area contributed by atoms with Gasteiger partial charge in [0.05, 0.1) is 32.4 Å². The number of thiophene rings is 1. The van der Waals surface area contributed by atoms with Gasteiger partial charge in [0.1, 0.15) is 16.5 Å². The van der Waals surface area contributed by atoms with Gasteiger partial charge < -0.3 is 24.8 Å². The van der Waals surface area contributed by atoms with Gasteiger partial charge in [-0.25, -0.2) is 4.79 Å². The molecular formula is C25H28N2O4S2. The summed E-state index contributed by atoms with van der Waals surface area (Å²) in [4.78, 5) is 13.6. The molecule has 0 fully saturated rings. The third-order valence-corrected chi connectivity index (χ3v) is 6.25. The van der Waals surface area contributed by atoms with Gasteiger partial charge in [-0.05, 0) is 55.9 Å². The summed E-state index contributed by atoms with van der Waals surface area (Å²) in [6, 6.07) is 17.4. The molecule has 0 aliphatic rings. The predicted octanol–water partition coefficient (Wildman–Crippen LogP) is 5.58. The second-order valence-corrected chi connectivity index (χ2v) is 8.81. The van der Waals surface area contributed by atoms with Crippen LogP contribution in [0.5, 0.6) is 11.5 Å². The number of rotatable bonds is 9. The first-order valence-electron chi connectivity index (χ1n) is 10.6. The minimum absolute atomic E-state index is 0.162. The first-order valence-corrected chi connectivity index (χ1v) is 11.8. The Morgan fingerprint density at radius 3 is 2.52 bits per heavy atom. The molecule has 174 valence electrons. The van der Waals surface area contributed by atoms with E-state index in [1.165, 1.54) is 16.9 Å². The van der Waals surface area contributed by atoms with Gasteiger partial charge in [0.2, 0.25) is 0 Å². The van der Waals surface area contributed by atoms with Crippen LogP contribution >= 0.6 is 23.6 Å². The zero-order valence-corrected chi connectivity index (χ0v) is 20.8. The molecule has 8 heteroatoms. The molecule has 1 unspecified atom stereocenters. The van der Waals surface area contributed by atoms with Crippen LogP contribution in [0.1, 0.15) is 46.3 Å². The molecule has 2 N–H and O–H groups in total. The number of anilines is 1. The van der Waals surface area contributed by atoms with E-state index in [1.807, 2.05) is 49.4 Å². The van der Waals surface area contributed by atoms with Crippen molar-refractivity contribution < 1.29 is 19.0 Å². The molecule has 0 saturated carbocycles. The van der Waals surface area contributed by atoms with Crippen molar-refractivity contribution in [1.82, 2.24) is 5.32 Å². The standard InChI is InChI=1S/C25H28N2O4S2/c1-5-31-24(28)21-15-19(13-17-9-7-6-8-10-17)33-23(21)27-25(32)26-16(2)20-14-18(29-3)11-12-22(20)30-4/h6-12,14-16H,5,13H2,1-4H3,(H2,26,27,32). The van der Waals surface area contributed by atoms with Crippen molar-refractivity contribution in [1.29, 1.82) is 0 Å². The summed E-state index contributed by atoms with van der Waals surface area (Å²) in [7, 11) is 3.25. The van der Waals surface area contributed by atoms with Crippen molar-refractivity contribution in [2.45, 2.75) is 26.3 Å². The summed E-state index contributed by atoms with van der Waals surface area (Å²) < 4.78 is 16.1. The van der Waals surface area contributed by atoms with Gasteiger partial charge >= 0.3 is 5.97 Å². The summed E-state index contributed by atoms with van der Waals surface area (Å²) in [5.74, 6) is 1.08. The van der Waals surface area contributed by atoms with Crippen LogP contribution in [0.4, 0.5) is 5.00 Å². The number of nitrogens with one attached hydrogen (secondary N) is 2. The highest BCUT2D eigenvalue weighted by Gasteiger charge is 2.20.